The van der Waals surface area contributed by atoms with E-state index in [0.29, 0.717) is 28.7 Å². The van der Waals surface area contributed by atoms with Gasteiger partial charge in [-0.2, -0.15) is 0 Å². The van der Waals surface area contributed by atoms with Crippen LogP contribution >= 0.6 is 27.5 Å². The number of halogens is 2. The molecule has 3 rings (SSSR count). The Morgan fingerprint density at radius 2 is 2.00 bits per heavy atom. The van der Waals surface area contributed by atoms with Crippen molar-refractivity contribution in [2.75, 3.05) is 13.7 Å². The molecule has 1 aliphatic rings. The highest BCUT2D eigenvalue weighted by Crippen LogP contribution is 2.37. The van der Waals surface area contributed by atoms with Gasteiger partial charge in [-0.15, -0.1) is 0 Å². The molecule has 134 valence electrons. The summed E-state index contributed by atoms with van der Waals surface area (Å²) >= 11 is 9.34. The molecule has 0 saturated carbocycles. The number of carbonyl (C=O) groups excluding carboxylic acids is 1. The van der Waals surface area contributed by atoms with E-state index in [9.17, 15) is 4.79 Å². The van der Waals surface area contributed by atoms with Crippen LogP contribution < -0.4 is 9.47 Å². The Balaban J connectivity index is 1.95. The minimum atomic E-state index is -0.515. The molecule has 1 heterocycles. The Hall–Kier alpha value is -2.31. The van der Waals surface area contributed by atoms with Crippen LogP contribution in [0.2, 0.25) is 5.02 Å². The zero-order chi connectivity index (χ0) is 18.7. The third-order valence-corrected chi connectivity index (χ3v) is 4.40. The number of esters is 1. The lowest BCUT2D eigenvalue weighted by atomic mass is 10.1. The van der Waals surface area contributed by atoms with Crippen molar-refractivity contribution in [2.45, 2.75) is 6.92 Å². The number of ether oxygens (including phenoxy) is 3. The number of hydrogen-bond donors (Lipinski definition) is 0. The lowest BCUT2D eigenvalue weighted by Gasteiger charge is -2.12. The van der Waals surface area contributed by atoms with Crippen LogP contribution in [-0.2, 0) is 9.53 Å². The van der Waals surface area contributed by atoms with Gasteiger partial charge in [0.15, 0.2) is 17.2 Å². The average molecular weight is 437 g/mol. The SMILES string of the molecule is CCOc1c(Br)cc(/C=C2\N=C(c3ccc(Cl)cc3)OC2=O)cc1OC. The Labute approximate surface area is 164 Å². The number of nitrogens with zero attached hydrogens (tertiary/aromatic N) is 1. The van der Waals surface area contributed by atoms with Crippen LogP contribution in [0.25, 0.3) is 6.08 Å². The van der Waals surface area contributed by atoms with Gasteiger partial charge in [0.1, 0.15) is 0 Å². The zero-order valence-corrected chi connectivity index (χ0v) is 16.4. The number of rotatable bonds is 5. The molecule has 0 aromatic heterocycles. The monoisotopic (exact) mass is 435 g/mol. The van der Waals surface area contributed by atoms with Crippen molar-refractivity contribution < 1.29 is 19.0 Å². The molecule has 0 amide bonds. The van der Waals surface area contributed by atoms with Gasteiger partial charge in [0.05, 0.1) is 18.2 Å². The summed E-state index contributed by atoms with van der Waals surface area (Å²) in [4.78, 5) is 16.4. The second-order valence-corrected chi connectivity index (χ2v) is 6.60. The molecular weight excluding hydrogens is 422 g/mol. The molecule has 1 aliphatic heterocycles. The van der Waals surface area contributed by atoms with Crippen molar-refractivity contribution >= 4 is 45.5 Å². The van der Waals surface area contributed by atoms with E-state index in [1.165, 1.54) is 0 Å². The van der Waals surface area contributed by atoms with Crippen molar-refractivity contribution in [3.63, 3.8) is 0 Å². The topological polar surface area (TPSA) is 57.1 Å². The van der Waals surface area contributed by atoms with E-state index >= 15 is 0 Å². The van der Waals surface area contributed by atoms with Crippen molar-refractivity contribution in [3.8, 4) is 11.5 Å². The van der Waals surface area contributed by atoms with Crippen LogP contribution in [0, 0.1) is 0 Å². The number of benzene rings is 2. The van der Waals surface area contributed by atoms with E-state index in [-0.39, 0.29) is 11.6 Å². The molecule has 0 bridgehead atoms. The molecule has 0 atom stereocenters. The predicted octanol–water partition coefficient (Wildman–Crippen LogP) is 4.85. The van der Waals surface area contributed by atoms with Crippen molar-refractivity contribution in [1.29, 1.82) is 0 Å². The normalized spacial score (nSPS) is 15.0. The molecule has 7 heteroatoms. The maximum Gasteiger partial charge on any atom is 0.363 e. The molecule has 0 aliphatic carbocycles. The van der Waals surface area contributed by atoms with E-state index in [4.69, 9.17) is 25.8 Å². The number of cyclic esters (lactones) is 1. The Morgan fingerprint density at radius 1 is 1.27 bits per heavy atom. The molecular formula is C19H15BrClNO4. The van der Waals surface area contributed by atoms with Gasteiger partial charge in [0.25, 0.3) is 0 Å². The summed E-state index contributed by atoms with van der Waals surface area (Å²) in [6.45, 7) is 2.40. The third kappa shape index (κ3) is 3.92. The first-order chi connectivity index (χ1) is 12.5. The average Bonchev–Trinajstić information content (AvgIpc) is 2.98. The third-order valence-electron chi connectivity index (χ3n) is 3.56. The molecule has 2 aromatic carbocycles. The van der Waals surface area contributed by atoms with Gasteiger partial charge in [-0.3, -0.25) is 0 Å². The first-order valence-corrected chi connectivity index (χ1v) is 8.97. The maximum absolute atomic E-state index is 12.1. The second kappa shape index (κ2) is 7.93. The van der Waals surface area contributed by atoms with E-state index < -0.39 is 5.97 Å². The molecule has 0 saturated heterocycles. The Bertz CT molecular complexity index is 907. The predicted molar refractivity (Wildman–Crippen MR) is 104 cm³/mol. The molecule has 0 N–H and O–H groups in total. The number of aliphatic imine (C=N–C) groups is 1. The van der Waals surface area contributed by atoms with Crippen LogP contribution in [0.15, 0.2) is 51.6 Å². The molecule has 0 fully saturated rings. The van der Waals surface area contributed by atoms with Gasteiger partial charge in [-0.1, -0.05) is 11.6 Å². The summed E-state index contributed by atoms with van der Waals surface area (Å²) in [5.74, 6) is 0.895. The van der Waals surface area contributed by atoms with Gasteiger partial charge in [-0.05, 0) is 70.9 Å². The van der Waals surface area contributed by atoms with Crippen LogP contribution in [0.5, 0.6) is 11.5 Å². The zero-order valence-electron chi connectivity index (χ0n) is 14.1. The fourth-order valence-corrected chi connectivity index (χ4v) is 3.09. The summed E-state index contributed by atoms with van der Waals surface area (Å²) in [6.07, 6.45) is 1.63. The van der Waals surface area contributed by atoms with Gasteiger partial charge < -0.3 is 14.2 Å². The number of carbonyl (C=O) groups is 1. The number of methoxy groups -OCH3 is 1. The maximum atomic E-state index is 12.1. The largest absolute Gasteiger partial charge is 0.493 e. The van der Waals surface area contributed by atoms with Gasteiger partial charge in [0, 0.05) is 10.6 Å². The molecule has 2 aromatic rings. The van der Waals surface area contributed by atoms with Crippen LogP contribution in [0.1, 0.15) is 18.1 Å². The summed E-state index contributed by atoms with van der Waals surface area (Å²) in [7, 11) is 1.56. The Morgan fingerprint density at radius 3 is 2.65 bits per heavy atom. The van der Waals surface area contributed by atoms with Crippen molar-refractivity contribution in [3.05, 3.63) is 62.7 Å². The van der Waals surface area contributed by atoms with E-state index in [0.717, 1.165) is 10.0 Å². The van der Waals surface area contributed by atoms with Crippen molar-refractivity contribution in [1.82, 2.24) is 0 Å². The second-order valence-electron chi connectivity index (χ2n) is 5.31. The minimum Gasteiger partial charge on any atom is -0.493 e. The van der Waals surface area contributed by atoms with Crippen LogP contribution in [0.4, 0.5) is 0 Å². The highest BCUT2D eigenvalue weighted by atomic mass is 79.9. The molecule has 0 unspecified atom stereocenters. The van der Waals surface area contributed by atoms with E-state index in [1.807, 2.05) is 13.0 Å². The standard InChI is InChI=1S/C19H15BrClNO4/c1-3-25-17-14(20)8-11(10-16(17)24-2)9-15-19(23)26-18(22-15)12-4-6-13(21)7-5-12/h4-10H,3H2,1-2H3/b15-9-. The van der Waals surface area contributed by atoms with Gasteiger partial charge >= 0.3 is 5.97 Å². The smallest absolute Gasteiger partial charge is 0.363 e. The summed E-state index contributed by atoms with van der Waals surface area (Å²) in [5.41, 5.74) is 1.61. The summed E-state index contributed by atoms with van der Waals surface area (Å²) in [6, 6.07) is 10.5. The van der Waals surface area contributed by atoms with Crippen LogP contribution in [0.3, 0.4) is 0 Å². The molecule has 0 spiro atoms. The Kier molecular flexibility index (Phi) is 5.64. The fraction of sp³-hybridized carbons (Fsp3) is 0.158. The quantitative estimate of drug-likeness (QED) is 0.496. The highest BCUT2D eigenvalue weighted by Gasteiger charge is 2.24. The van der Waals surface area contributed by atoms with Gasteiger partial charge in [-0.25, -0.2) is 9.79 Å². The fourth-order valence-electron chi connectivity index (χ4n) is 2.39. The van der Waals surface area contributed by atoms with Crippen molar-refractivity contribution in [2.24, 2.45) is 4.99 Å². The van der Waals surface area contributed by atoms with E-state index in [2.05, 4.69) is 20.9 Å². The minimum absolute atomic E-state index is 0.202. The summed E-state index contributed by atoms with van der Waals surface area (Å²) in [5, 5.41) is 0.598. The molecule has 26 heavy (non-hydrogen) atoms. The highest BCUT2D eigenvalue weighted by molar-refractivity contribution is 9.10. The van der Waals surface area contributed by atoms with Gasteiger partial charge in [0.2, 0.25) is 5.90 Å². The molecule has 5 nitrogen and oxygen atoms in total. The first-order valence-electron chi connectivity index (χ1n) is 7.80. The summed E-state index contributed by atoms with van der Waals surface area (Å²) < 4.78 is 16.9. The van der Waals surface area contributed by atoms with Crippen LogP contribution in [-0.4, -0.2) is 25.6 Å². The first kappa shape index (κ1) is 18.5. The molecule has 0 radical (unpaired) electrons. The lowest BCUT2D eigenvalue weighted by molar-refractivity contribution is -0.129. The number of hydrogen-bond acceptors (Lipinski definition) is 5. The lowest BCUT2D eigenvalue weighted by Crippen LogP contribution is -2.05. The van der Waals surface area contributed by atoms with E-state index in [1.54, 1.807) is 43.5 Å².